The molecule has 0 aromatic heterocycles. The van der Waals surface area contributed by atoms with Gasteiger partial charge in [-0.15, -0.1) is 0 Å². The van der Waals surface area contributed by atoms with E-state index in [1.54, 1.807) is 0 Å². The molecule has 10 nitrogen and oxygen atoms in total. The molecule has 6 aliphatic rings. The number of phenolic OH excluding ortho intramolecular Hbond substituents is 1. The molecule has 3 saturated carbocycles. The van der Waals surface area contributed by atoms with Crippen molar-refractivity contribution in [1.29, 1.82) is 0 Å². The average molecular weight is 611 g/mol. The van der Waals surface area contributed by atoms with Crippen LogP contribution >= 0.6 is 0 Å². The zero-order chi connectivity index (χ0) is 32.5. The van der Waals surface area contributed by atoms with Crippen LogP contribution in [-0.2, 0) is 30.9 Å². The monoisotopic (exact) mass is 610 g/mol. The predicted molar refractivity (Wildman–Crippen MR) is 158 cm³/mol. The first kappa shape index (κ1) is 30.8. The number of phenols is 1. The summed E-state index contributed by atoms with van der Waals surface area (Å²) in [5, 5.41) is 33.4. The Hall–Kier alpha value is -3.21. The molecular formula is C34H42O10. The summed E-state index contributed by atoms with van der Waals surface area (Å²) >= 11 is 0. The highest BCUT2D eigenvalue weighted by molar-refractivity contribution is 6.11. The van der Waals surface area contributed by atoms with Crippen molar-refractivity contribution < 1.29 is 48.7 Å². The van der Waals surface area contributed by atoms with E-state index in [9.17, 15) is 29.7 Å². The molecule has 0 amide bonds. The fraction of sp³-hybridized carbons (Fsp3) is 0.618. The van der Waals surface area contributed by atoms with Crippen molar-refractivity contribution in [2.24, 2.45) is 11.8 Å². The Morgan fingerprint density at radius 1 is 1.09 bits per heavy atom. The van der Waals surface area contributed by atoms with Crippen LogP contribution < -0.4 is 9.47 Å². The summed E-state index contributed by atoms with van der Waals surface area (Å²) < 4.78 is 26.0. The minimum atomic E-state index is -1.87. The van der Waals surface area contributed by atoms with Gasteiger partial charge in [0.05, 0.1) is 11.5 Å². The Labute approximate surface area is 257 Å². The van der Waals surface area contributed by atoms with Gasteiger partial charge in [0.2, 0.25) is 5.78 Å². The Bertz CT molecular complexity index is 1580. The highest BCUT2D eigenvalue weighted by Gasteiger charge is 2.89. The molecule has 3 N–H and O–H groups in total. The van der Waals surface area contributed by atoms with Crippen LogP contribution in [-0.4, -0.2) is 74.6 Å². The second-order valence-electron chi connectivity index (χ2n) is 14.5. The van der Waals surface area contributed by atoms with Crippen LogP contribution in [0.2, 0.25) is 0 Å². The van der Waals surface area contributed by atoms with Gasteiger partial charge in [0.1, 0.15) is 35.0 Å². The number of aliphatic hydroxyl groups excluding tert-OH is 1. The molecular weight excluding hydrogens is 568 g/mol. The number of carboxylic acid groups (broad SMARTS) is 1. The Balaban J connectivity index is 1.70. The highest BCUT2D eigenvalue weighted by Crippen LogP contribution is 2.72. The molecule has 4 bridgehead atoms. The lowest BCUT2D eigenvalue weighted by molar-refractivity contribution is -0.263. The minimum Gasteiger partial charge on any atom is -0.507 e. The molecule has 0 radical (unpaired) electrons. The fourth-order valence-electron chi connectivity index (χ4n) is 8.65. The number of hydrogen-bond donors (Lipinski definition) is 3. The second-order valence-corrected chi connectivity index (χ2v) is 14.5. The van der Waals surface area contributed by atoms with E-state index < -0.39 is 63.3 Å². The van der Waals surface area contributed by atoms with Crippen LogP contribution in [0.3, 0.4) is 0 Å². The minimum absolute atomic E-state index is 0.00760. The van der Waals surface area contributed by atoms with Crippen LogP contribution in [0.4, 0.5) is 0 Å². The van der Waals surface area contributed by atoms with E-state index in [1.165, 1.54) is 20.1 Å². The number of ether oxygens (including phenoxy) is 4. The van der Waals surface area contributed by atoms with E-state index in [2.05, 4.69) is 0 Å². The van der Waals surface area contributed by atoms with Gasteiger partial charge < -0.3 is 34.3 Å². The smallest absolute Gasteiger partial charge is 0.330 e. The largest absolute Gasteiger partial charge is 0.507 e. The number of benzene rings is 1. The normalized spacial score (nSPS) is 37.1. The van der Waals surface area contributed by atoms with Crippen LogP contribution in [0.25, 0.3) is 0 Å². The molecule has 3 aliphatic carbocycles. The van der Waals surface area contributed by atoms with Crippen molar-refractivity contribution >= 4 is 17.5 Å². The Kier molecular flexibility index (Phi) is 6.42. The Morgan fingerprint density at radius 3 is 2.34 bits per heavy atom. The lowest BCUT2D eigenvalue weighted by atomic mass is 9.44. The van der Waals surface area contributed by atoms with Crippen LogP contribution in [0.1, 0.15) is 89.7 Å². The molecule has 1 aromatic carbocycles. The summed E-state index contributed by atoms with van der Waals surface area (Å²) in [7, 11) is 1.32. The van der Waals surface area contributed by atoms with Gasteiger partial charge in [-0.05, 0) is 54.4 Å². The van der Waals surface area contributed by atoms with E-state index in [-0.39, 0.29) is 41.6 Å². The maximum Gasteiger partial charge on any atom is 0.330 e. The molecule has 3 heterocycles. The number of aromatic hydroxyl groups is 1. The van der Waals surface area contributed by atoms with Crippen LogP contribution in [0.15, 0.2) is 23.3 Å². The molecule has 7 atom stereocenters. The predicted octanol–water partition coefficient (Wildman–Crippen LogP) is 4.21. The number of Topliss-reactive ketones (excluding diaryl/α,β-unsaturated/α-hetero) is 2. The number of methoxy groups -OCH3 is 1. The molecule has 1 spiro atoms. The molecule has 0 unspecified atom stereocenters. The zero-order valence-corrected chi connectivity index (χ0v) is 26.8. The van der Waals surface area contributed by atoms with Gasteiger partial charge in [-0.2, -0.15) is 0 Å². The number of hydrogen-bond acceptors (Lipinski definition) is 9. The molecule has 238 valence electrons. The van der Waals surface area contributed by atoms with E-state index >= 15 is 0 Å². The van der Waals surface area contributed by atoms with Gasteiger partial charge in [-0.3, -0.25) is 9.59 Å². The molecule has 7 rings (SSSR count). The molecule has 44 heavy (non-hydrogen) atoms. The lowest BCUT2D eigenvalue weighted by Gasteiger charge is -2.65. The topological polar surface area (TPSA) is 149 Å². The first-order chi connectivity index (χ1) is 20.4. The highest BCUT2D eigenvalue weighted by atomic mass is 16.6. The Morgan fingerprint density at radius 2 is 1.75 bits per heavy atom. The number of carboxylic acids is 1. The standard InChI is InChI=1S/C34H42O10/c1-15(2)10-11-18-23(35)20-24(36)21-27(37)32(41-9)14-19-31(7,8)44-33(29(32)40,13-12-16(3)28(38)39)34(19,21)43-26(20)22-25(18)42-17(4)30(22,5)6/h10,12,17,19,21,27,35,37H,11,13-14H2,1-9H3,(H,38,39)/b16-12-/t17-,19+,21-,27-,32-,33+,34+/m0/s1. The van der Waals surface area contributed by atoms with Crippen molar-refractivity contribution in [2.45, 2.75) is 115 Å². The third-order valence-electron chi connectivity index (χ3n) is 11.3. The lowest BCUT2D eigenvalue weighted by Crippen LogP contribution is -2.86. The van der Waals surface area contributed by atoms with Gasteiger partial charge >= 0.3 is 5.97 Å². The van der Waals surface area contributed by atoms with Crippen LogP contribution in [0.5, 0.6) is 17.2 Å². The number of aliphatic hydroxyl groups is 1. The summed E-state index contributed by atoms with van der Waals surface area (Å²) in [6.45, 7) is 14.8. The van der Waals surface area contributed by atoms with Gasteiger partial charge in [0.15, 0.2) is 22.6 Å². The number of aliphatic carboxylic acids is 1. The summed E-state index contributed by atoms with van der Waals surface area (Å²) in [5.74, 6) is -4.02. The number of ketones is 2. The van der Waals surface area contributed by atoms with E-state index in [0.717, 1.165) is 5.57 Å². The number of carbonyl (C=O) groups is 3. The number of carbonyl (C=O) groups excluding carboxylic acids is 2. The molecule has 1 saturated heterocycles. The third-order valence-corrected chi connectivity index (χ3v) is 11.3. The van der Waals surface area contributed by atoms with Crippen molar-refractivity contribution in [2.75, 3.05) is 7.11 Å². The molecule has 3 aliphatic heterocycles. The molecule has 4 fully saturated rings. The molecule has 1 aromatic rings. The van der Waals surface area contributed by atoms with Crippen molar-refractivity contribution in [3.05, 3.63) is 40.0 Å². The quantitative estimate of drug-likeness (QED) is 0.316. The van der Waals surface area contributed by atoms with Crippen LogP contribution in [0, 0.1) is 11.8 Å². The van der Waals surface area contributed by atoms with Gasteiger partial charge in [0, 0.05) is 41.6 Å². The average Bonchev–Trinajstić information content (AvgIpc) is 3.24. The van der Waals surface area contributed by atoms with Gasteiger partial charge in [-0.1, -0.05) is 31.6 Å². The van der Waals surface area contributed by atoms with Crippen molar-refractivity contribution in [3.63, 3.8) is 0 Å². The fourth-order valence-corrected chi connectivity index (χ4v) is 8.65. The van der Waals surface area contributed by atoms with Crippen molar-refractivity contribution in [3.8, 4) is 17.2 Å². The SMILES string of the molecule is CO[C@]12C[C@@H]3C(C)(C)O[C@](C/C=C(/C)C(=O)O)(C1=O)[C@@]31Oc3c(c(O)c(CC=C(C)C)c4c3C(C)(C)[C@H](C)O4)C(=O)[C@H]1[C@@H]2O. The second kappa shape index (κ2) is 9.17. The number of fused-ring (bicyclic) bond motifs is 3. The number of allylic oxidation sites excluding steroid dienone is 2. The summed E-state index contributed by atoms with van der Waals surface area (Å²) in [4.78, 5) is 41.5. The third kappa shape index (κ3) is 3.39. The maximum atomic E-state index is 14.9. The van der Waals surface area contributed by atoms with E-state index in [0.29, 0.717) is 23.3 Å². The first-order valence-corrected chi connectivity index (χ1v) is 15.2. The zero-order valence-electron chi connectivity index (χ0n) is 26.8. The summed E-state index contributed by atoms with van der Waals surface area (Å²) in [6, 6.07) is 0. The van der Waals surface area contributed by atoms with E-state index in [1.807, 2.05) is 54.5 Å². The summed E-state index contributed by atoms with van der Waals surface area (Å²) in [6.07, 6.45) is 1.52. The van der Waals surface area contributed by atoms with E-state index in [4.69, 9.17) is 18.9 Å². The van der Waals surface area contributed by atoms with Gasteiger partial charge in [-0.25, -0.2) is 4.79 Å². The van der Waals surface area contributed by atoms with Crippen molar-refractivity contribution in [1.82, 2.24) is 0 Å². The summed E-state index contributed by atoms with van der Waals surface area (Å²) in [5.41, 5.74) is -5.09. The molecule has 10 heteroatoms. The maximum absolute atomic E-state index is 14.9. The number of rotatable bonds is 6. The first-order valence-electron chi connectivity index (χ1n) is 15.2. The van der Waals surface area contributed by atoms with Gasteiger partial charge in [0.25, 0.3) is 0 Å².